The van der Waals surface area contributed by atoms with E-state index >= 15 is 0 Å². The van der Waals surface area contributed by atoms with Crippen molar-refractivity contribution in [2.24, 2.45) is 0 Å². The third-order valence-electron chi connectivity index (χ3n) is 5.73. The van der Waals surface area contributed by atoms with Gasteiger partial charge in [-0.1, -0.05) is 24.3 Å². The summed E-state index contributed by atoms with van der Waals surface area (Å²) in [6.07, 6.45) is 5.34. The quantitative estimate of drug-likeness (QED) is 0.484. The highest BCUT2D eigenvalue weighted by Crippen LogP contribution is 2.34. The Morgan fingerprint density at radius 1 is 1.38 bits per heavy atom. The SMILES string of the molecule is C=CCC[C@H](O)CN(CC=C)CC(=O)N1CCc2sccc2[C@H]1COc1cccc(C)c1. The Morgan fingerprint density at radius 2 is 2.22 bits per heavy atom. The molecular formula is C26H34N2O3S. The van der Waals surface area contributed by atoms with Gasteiger partial charge in [-0.3, -0.25) is 9.69 Å². The first-order valence-corrected chi connectivity index (χ1v) is 12.1. The maximum atomic E-state index is 13.4. The first kappa shape index (κ1) is 24.2. The van der Waals surface area contributed by atoms with E-state index in [4.69, 9.17) is 4.74 Å². The molecule has 2 heterocycles. The number of benzene rings is 1. The van der Waals surface area contributed by atoms with Crippen LogP contribution in [0.15, 0.2) is 61.0 Å². The lowest BCUT2D eigenvalue weighted by atomic mass is 10.0. The molecule has 0 saturated carbocycles. The first-order chi connectivity index (χ1) is 15.5. The number of hydrogen-bond acceptors (Lipinski definition) is 5. The fraction of sp³-hybridized carbons (Fsp3) is 0.423. The number of nitrogens with zero attached hydrogens (tertiary/aromatic N) is 2. The number of aliphatic hydroxyl groups excluding tert-OH is 1. The van der Waals surface area contributed by atoms with E-state index in [1.54, 1.807) is 23.5 Å². The number of aryl methyl sites for hydroxylation is 1. The molecule has 2 aromatic rings. The van der Waals surface area contributed by atoms with Crippen LogP contribution in [0.1, 0.15) is 34.9 Å². The number of carbonyl (C=O) groups is 1. The van der Waals surface area contributed by atoms with Crippen molar-refractivity contribution in [3.8, 4) is 5.75 Å². The highest BCUT2D eigenvalue weighted by Gasteiger charge is 2.33. The predicted octanol–water partition coefficient (Wildman–Crippen LogP) is 4.38. The highest BCUT2D eigenvalue weighted by molar-refractivity contribution is 7.10. The Bertz CT molecular complexity index is 910. The Hall–Kier alpha value is -2.41. The van der Waals surface area contributed by atoms with Gasteiger partial charge in [0.2, 0.25) is 5.91 Å². The normalized spacial score (nSPS) is 16.5. The lowest BCUT2D eigenvalue weighted by molar-refractivity contribution is -0.136. The van der Waals surface area contributed by atoms with Crippen molar-refractivity contribution >= 4 is 17.2 Å². The van der Waals surface area contributed by atoms with E-state index in [-0.39, 0.29) is 18.5 Å². The van der Waals surface area contributed by atoms with E-state index in [0.29, 0.717) is 32.7 Å². The van der Waals surface area contributed by atoms with Gasteiger partial charge in [0.15, 0.2) is 0 Å². The van der Waals surface area contributed by atoms with Gasteiger partial charge in [0.05, 0.1) is 18.7 Å². The Labute approximate surface area is 195 Å². The van der Waals surface area contributed by atoms with Crippen LogP contribution in [0.5, 0.6) is 5.75 Å². The number of carbonyl (C=O) groups excluding carboxylic acids is 1. The molecule has 172 valence electrons. The molecule has 0 radical (unpaired) electrons. The zero-order valence-corrected chi connectivity index (χ0v) is 19.7. The minimum atomic E-state index is -0.494. The zero-order valence-electron chi connectivity index (χ0n) is 18.9. The van der Waals surface area contributed by atoms with Crippen LogP contribution < -0.4 is 4.74 Å². The van der Waals surface area contributed by atoms with E-state index in [1.807, 2.05) is 41.0 Å². The summed E-state index contributed by atoms with van der Waals surface area (Å²) in [6.45, 7) is 11.9. The molecule has 1 aromatic heterocycles. The van der Waals surface area contributed by atoms with Crippen LogP contribution >= 0.6 is 11.3 Å². The number of thiophene rings is 1. The van der Waals surface area contributed by atoms with E-state index in [1.165, 1.54) is 10.4 Å². The largest absolute Gasteiger partial charge is 0.491 e. The average molecular weight is 455 g/mol. The molecule has 6 heteroatoms. The number of aliphatic hydroxyl groups is 1. The van der Waals surface area contributed by atoms with Crippen molar-refractivity contribution in [3.63, 3.8) is 0 Å². The smallest absolute Gasteiger partial charge is 0.237 e. The van der Waals surface area contributed by atoms with Crippen LogP contribution in [-0.4, -0.2) is 59.7 Å². The van der Waals surface area contributed by atoms with Gasteiger partial charge in [0.1, 0.15) is 12.4 Å². The second-order valence-electron chi connectivity index (χ2n) is 8.28. The molecule has 3 rings (SSSR count). The van der Waals surface area contributed by atoms with Crippen molar-refractivity contribution in [2.75, 3.05) is 32.8 Å². The molecule has 1 aliphatic rings. The van der Waals surface area contributed by atoms with Gasteiger partial charge in [-0.15, -0.1) is 24.5 Å². The third kappa shape index (κ3) is 6.55. The molecule has 0 spiro atoms. The molecule has 0 fully saturated rings. The number of hydrogen-bond donors (Lipinski definition) is 1. The van der Waals surface area contributed by atoms with Crippen molar-refractivity contribution in [1.82, 2.24) is 9.80 Å². The maximum Gasteiger partial charge on any atom is 0.237 e. The van der Waals surface area contributed by atoms with E-state index in [0.717, 1.165) is 24.2 Å². The summed E-state index contributed by atoms with van der Waals surface area (Å²) in [5.74, 6) is 0.871. The molecule has 0 saturated heterocycles. The summed E-state index contributed by atoms with van der Waals surface area (Å²) in [7, 11) is 0. The van der Waals surface area contributed by atoms with Gasteiger partial charge in [-0.25, -0.2) is 0 Å². The summed E-state index contributed by atoms with van der Waals surface area (Å²) < 4.78 is 6.13. The van der Waals surface area contributed by atoms with E-state index in [2.05, 4.69) is 24.6 Å². The minimum Gasteiger partial charge on any atom is -0.491 e. The summed E-state index contributed by atoms with van der Waals surface area (Å²) in [4.78, 5) is 18.6. The van der Waals surface area contributed by atoms with E-state index < -0.39 is 6.10 Å². The molecule has 2 atom stereocenters. The molecule has 1 aliphatic heterocycles. The van der Waals surface area contributed by atoms with Crippen LogP contribution in [0, 0.1) is 6.92 Å². The Kier molecular flexibility index (Phi) is 9.09. The number of amides is 1. The lowest BCUT2D eigenvalue weighted by Gasteiger charge is -2.37. The van der Waals surface area contributed by atoms with Crippen molar-refractivity contribution in [2.45, 2.75) is 38.3 Å². The monoisotopic (exact) mass is 454 g/mol. The predicted molar refractivity (Wildman–Crippen MR) is 131 cm³/mol. The average Bonchev–Trinajstić information content (AvgIpc) is 3.25. The van der Waals surface area contributed by atoms with Gasteiger partial charge >= 0.3 is 0 Å². The molecule has 32 heavy (non-hydrogen) atoms. The topological polar surface area (TPSA) is 53.0 Å². The van der Waals surface area contributed by atoms with Crippen LogP contribution in [0.25, 0.3) is 0 Å². The van der Waals surface area contributed by atoms with Gasteiger partial charge in [-0.2, -0.15) is 0 Å². The van der Waals surface area contributed by atoms with Crippen LogP contribution in [0.3, 0.4) is 0 Å². The van der Waals surface area contributed by atoms with Crippen molar-refractivity contribution in [1.29, 1.82) is 0 Å². The Morgan fingerprint density at radius 3 is 2.97 bits per heavy atom. The summed E-state index contributed by atoms with van der Waals surface area (Å²) in [6, 6.07) is 9.99. The van der Waals surface area contributed by atoms with Gasteiger partial charge in [-0.05, 0) is 60.9 Å². The molecule has 1 N–H and O–H groups in total. The Balaban J connectivity index is 1.70. The highest BCUT2D eigenvalue weighted by atomic mass is 32.1. The molecule has 0 aliphatic carbocycles. The number of rotatable bonds is 12. The summed E-state index contributed by atoms with van der Waals surface area (Å²) in [5.41, 5.74) is 2.33. The standard InChI is InChI=1S/C26H34N2O3S/c1-4-6-9-21(29)17-27(13-5-2)18-26(30)28-14-11-25-23(12-15-32-25)24(28)19-31-22-10-7-8-20(3)16-22/h4-5,7-8,10,12,15-16,21,24,29H,1-2,6,9,11,13-14,17-19H2,3H3/t21-,24+/m0/s1. The summed E-state index contributed by atoms with van der Waals surface area (Å²) >= 11 is 1.75. The molecule has 0 bridgehead atoms. The van der Waals surface area contributed by atoms with Crippen molar-refractivity contribution in [3.05, 3.63) is 77.0 Å². The van der Waals surface area contributed by atoms with E-state index in [9.17, 15) is 9.90 Å². The number of allylic oxidation sites excluding steroid dienone is 1. The lowest BCUT2D eigenvalue weighted by Crippen LogP contribution is -2.47. The first-order valence-electron chi connectivity index (χ1n) is 11.2. The van der Waals surface area contributed by atoms with Gasteiger partial charge in [0, 0.05) is 24.5 Å². The van der Waals surface area contributed by atoms with Gasteiger partial charge < -0.3 is 14.7 Å². The van der Waals surface area contributed by atoms with Crippen LogP contribution in [-0.2, 0) is 11.2 Å². The third-order valence-corrected chi connectivity index (χ3v) is 6.73. The van der Waals surface area contributed by atoms with Crippen LogP contribution in [0.4, 0.5) is 0 Å². The minimum absolute atomic E-state index is 0.0532. The molecule has 0 unspecified atom stereocenters. The fourth-order valence-corrected chi connectivity index (χ4v) is 5.05. The number of fused-ring (bicyclic) bond motifs is 1. The molecular weight excluding hydrogens is 420 g/mol. The zero-order chi connectivity index (χ0) is 22.9. The second-order valence-corrected chi connectivity index (χ2v) is 9.28. The number of ether oxygens (including phenoxy) is 1. The van der Waals surface area contributed by atoms with Crippen LogP contribution in [0.2, 0.25) is 0 Å². The molecule has 5 nitrogen and oxygen atoms in total. The van der Waals surface area contributed by atoms with Gasteiger partial charge in [0.25, 0.3) is 0 Å². The van der Waals surface area contributed by atoms with Crippen molar-refractivity contribution < 1.29 is 14.6 Å². The maximum absolute atomic E-state index is 13.4. The summed E-state index contributed by atoms with van der Waals surface area (Å²) in [5, 5.41) is 12.4. The fourth-order valence-electron chi connectivity index (χ4n) is 4.12. The second kappa shape index (κ2) is 12.0. The molecule has 1 amide bonds. The molecule has 1 aromatic carbocycles.